The van der Waals surface area contributed by atoms with Gasteiger partial charge in [-0.3, -0.25) is 13.9 Å². The molecule has 0 radical (unpaired) electrons. The van der Waals surface area contributed by atoms with E-state index in [9.17, 15) is 18.0 Å². The molecule has 2 rings (SSSR count). The molecule has 9 nitrogen and oxygen atoms in total. The lowest BCUT2D eigenvalue weighted by atomic mass is 10.1. The van der Waals surface area contributed by atoms with E-state index in [-0.39, 0.29) is 37.7 Å². The molecule has 2 amide bonds. The molecular weight excluding hydrogens is 470 g/mol. The van der Waals surface area contributed by atoms with Gasteiger partial charge in [-0.2, -0.15) is 0 Å². The predicted octanol–water partition coefficient (Wildman–Crippen LogP) is 2.80. The number of nitrogens with one attached hydrogen (secondary N) is 1. The second-order valence-electron chi connectivity index (χ2n) is 8.08. The van der Waals surface area contributed by atoms with Crippen LogP contribution in [0.25, 0.3) is 0 Å². The first-order valence-electron chi connectivity index (χ1n) is 11.4. The Morgan fingerprint density at radius 3 is 2.26 bits per heavy atom. The first kappa shape index (κ1) is 28.0. The Kier molecular flexibility index (Phi) is 10.4. The molecule has 2 aromatic rings. The van der Waals surface area contributed by atoms with Gasteiger partial charge < -0.3 is 19.7 Å². The van der Waals surface area contributed by atoms with Gasteiger partial charge in [-0.25, -0.2) is 8.42 Å². The fourth-order valence-corrected chi connectivity index (χ4v) is 4.60. The number of amides is 2. The number of hydrogen-bond acceptors (Lipinski definition) is 6. The summed E-state index contributed by atoms with van der Waals surface area (Å²) >= 11 is 0. The third-order valence-corrected chi connectivity index (χ3v) is 6.69. The first-order valence-corrected chi connectivity index (χ1v) is 13.3. The average molecular weight is 506 g/mol. The van der Waals surface area contributed by atoms with E-state index < -0.39 is 16.1 Å². The van der Waals surface area contributed by atoms with Crippen LogP contribution in [-0.2, 0) is 26.2 Å². The van der Waals surface area contributed by atoms with Gasteiger partial charge in [0, 0.05) is 32.1 Å². The van der Waals surface area contributed by atoms with E-state index in [0.29, 0.717) is 23.7 Å². The third kappa shape index (κ3) is 8.17. The number of sulfonamides is 1. The Bertz CT molecular complexity index is 1110. The van der Waals surface area contributed by atoms with Gasteiger partial charge in [-0.15, -0.1) is 0 Å². The van der Waals surface area contributed by atoms with E-state index in [2.05, 4.69) is 5.32 Å². The molecule has 0 bridgehead atoms. The lowest BCUT2D eigenvalue weighted by molar-refractivity contribution is -0.140. The Hall–Kier alpha value is -3.27. The maximum absolute atomic E-state index is 13.2. The topological polar surface area (TPSA) is 105 Å². The molecular formula is C25H35N3O6S. The fourth-order valence-electron chi connectivity index (χ4n) is 3.64. The Labute approximate surface area is 208 Å². The number of carbonyl (C=O) groups is 2. The van der Waals surface area contributed by atoms with Crippen LogP contribution in [0.2, 0.25) is 0 Å². The van der Waals surface area contributed by atoms with Crippen LogP contribution in [0.15, 0.2) is 48.5 Å². The zero-order valence-electron chi connectivity index (χ0n) is 21.0. The number of nitrogens with zero attached hydrogens (tertiary/aromatic N) is 2. The van der Waals surface area contributed by atoms with Crippen LogP contribution in [0.5, 0.6) is 11.5 Å². The summed E-state index contributed by atoms with van der Waals surface area (Å²) in [5.41, 5.74) is 1.28. The second kappa shape index (κ2) is 13.0. The van der Waals surface area contributed by atoms with Crippen molar-refractivity contribution >= 4 is 27.5 Å². The van der Waals surface area contributed by atoms with Gasteiger partial charge in [-0.05, 0) is 50.1 Å². The van der Waals surface area contributed by atoms with Gasteiger partial charge in [0.2, 0.25) is 21.8 Å². The van der Waals surface area contributed by atoms with Crippen molar-refractivity contribution in [2.24, 2.45) is 0 Å². The van der Waals surface area contributed by atoms with E-state index in [4.69, 9.17) is 9.47 Å². The zero-order valence-corrected chi connectivity index (χ0v) is 21.8. The molecule has 35 heavy (non-hydrogen) atoms. The molecule has 0 fully saturated rings. The predicted molar refractivity (Wildman–Crippen MR) is 136 cm³/mol. The number of rotatable bonds is 13. The fraction of sp³-hybridized carbons (Fsp3) is 0.440. The van der Waals surface area contributed by atoms with Crippen LogP contribution in [-0.4, -0.2) is 64.7 Å². The van der Waals surface area contributed by atoms with Gasteiger partial charge in [0.05, 0.1) is 26.2 Å². The Morgan fingerprint density at radius 2 is 1.66 bits per heavy atom. The minimum atomic E-state index is -3.58. The van der Waals surface area contributed by atoms with E-state index in [1.807, 2.05) is 25.1 Å². The van der Waals surface area contributed by atoms with Crippen molar-refractivity contribution in [1.82, 2.24) is 10.2 Å². The number of methoxy groups -OCH3 is 2. The van der Waals surface area contributed by atoms with E-state index >= 15 is 0 Å². The van der Waals surface area contributed by atoms with Crippen molar-refractivity contribution in [2.75, 3.05) is 37.9 Å². The maximum Gasteiger partial charge on any atom is 0.242 e. The summed E-state index contributed by atoms with van der Waals surface area (Å²) in [5.74, 6) is 0.693. The Morgan fingerprint density at radius 1 is 1.03 bits per heavy atom. The number of ether oxygens (including phenoxy) is 2. The summed E-state index contributed by atoms with van der Waals surface area (Å²) in [5, 5.41) is 2.76. The molecule has 0 heterocycles. The quantitative estimate of drug-likeness (QED) is 0.449. The van der Waals surface area contributed by atoms with Gasteiger partial charge in [0.25, 0.3) is 0 Å². The van der Waals surface area contributed by atoms with Crippen LogP contribution < -0.4 is 19.1 Å². The van der Waals surface area contributed by atoms with Crippen molar-refractivity contribution in [3.63, 3.8) is 0 Å². The number of anilines is 1. The van der Waals surface area contributed by atoms with E-state index in [0.717, 1.165) is 11.8 Å². The largest absolute Gasteiger partial charge is 0.497 e. The highest BCUT2D eigenvalue weighted by atomic mass is 32.2. The maximum atomic E-state index is 13.2. The molecule has 1 N–H and O–H groups in total. The number of likely N-dealkylation sites (N-methyl/N-ethyl adjacent to an activating group) is 1. The molecule has 0 aliphatic rings. The van der Waals surface area contributed by atoms with E-state index in [1.54, 1.807) is 44.4 Å². The molecule has 0 saturated heterocycles. The van der Waals surface area contributed by atoms with Crippen LogP contribution in [0.3, 0.4) is 0 Å². The number of benzene rings is 2. The van der Waals surface area contributed by atoms with Gasteiger partial charge in [0.15, 0.2) is 0 Å². The monoisotopic (exact) mass is 505 g/mol. The Balaban J connectivity index is 2.18. The first-order chi connectivity index (χ1) is 16.6. The second-order valence-corrected chi connectivity index (χ2v) is 9.99. The van der Waals surface area contributed by atoms with E-state index in [1.165, 1.54) is 16.3 Å². The highest BCUT2D eigenvalue weighted by Gasteiger charge is 2.26. The molecule has 0 aliphatic heterocycles. The molecule has 0 saturated carbocycles. The van der Waals surface area contributed by atoms with Crippen LogP contribution in [0.1, 0.15) is 32.3 Å². The van der Waals surface area contributed by atoms with Crippen LogP contribution in [0.4, 0.5) is 5.69 Å². The van der Waals surface area contributed by atoms with Gasteiger partial charge in [0.1, 0.15) is 17.5 Å². The molecule has 2 aromatic carbocycles. The summed E-state index contributed by atoms with van der Waals surface area (Å²) < 4.78 is 36.6. The normalized spacial score (nSPS) is 11.9. The highest BCUT2D eigenvalue weighted by Crippen LogP contribution is 2.24. The minimum Gasteiger partial charge on any atom is -0.497 e. The van der Waals surface area contributed by atoms with Gasteiger partial charge >= 0.3 is 0 Å². The average Bonchev–Trinajstić information content (AvgIpc) is 2.84. The summed E-state index contributed by atoms with van der Waals surface area (Å²) in [6, 6.07) is 13.4. The molecule has 192 valence electrons. The standard InChI is InChI=1S/C25H35N3O6S/c1-6-26-25(30)19(2)27(18-20-10-7-12-22(16-20)33-3)24(29)14-9-15-28(35(5,31)32)21-11-8-13-23(17-21)34-4/h7-8,10-13,16-17,19H,6,9,14-15,18H2,1-5H3,(H,26,30)/t19-/m0/s1. The van der Waals surface area contributed by atoms with Gasteiger partial charge in [-0.1, -0.05) is 18.2 Å². The summed E-state index contributed by atoms with van der Waals surface area (Å²) in [6.07, 6.45) is 1.48. The minimum absolute atomic E-state index is 0.0731. The lowest BCUT2D eigenvalue weighted by Gasteiger charge is -2.29. The SMILES string of the molecule is CCNC(=O)[C@H](C)N(Cc1cccc(OC)c1)C(=O)CCCN(c1cccc(OC)c1)S(C)(=O)=O. The van der Waals surface area contributed by atoms with Crippen molar-refractivity contribution < 1.29 is 27.5 Å². The van der Waals surface area contributed by atoms with Crippen molar-refractivity contribution in [1.29, 1.82) is 0 Å². The molecule has 0 aliphatic carbocycles. The summed E-state index contributed by atoms with van der Waals surface area (Å²) in [6.45, 7) is 4.29. The molecule has 0 unspecified atom stereocenters. The summed E-state index contributed by atoms with van der Waals surface area (Å²) in [4.78, 5) is 27.3. The van der Waals surface area contributed by atoms with Crippen LogP contribution >= 0.6 is 0 Å². The zero-order chi connectivity index (χ0) is 26.0. The molecule has 0 aromatic heterocycles. The van der Waals surface area contributed by atoms with Crippen molar-refractivity contribution in [3.8, 4) is 11.5 Å². The number of hydrogen-bond donors (Lipinski definition) is 1. The third-order valence-electron chi connectivity index (χ3n) is 5.50. The smallest absolute Gasteiger partial charge is 0.242 e. The molecule has 0 spiro atoms. The van der Waals surface area contributed by atoms with Crippen molar-refractivity contribution in [2.45, 2.75) is 39.3 Å². The van der Waals surface area contributed by atoms with Crippen LogP contribution in [0, 0.1) is 0 Å². The molecule has 1 atom stereocenters. The van der Waals surface area contributed by atoms with Crippen molar-refractivity contribution in [3.05, 3.63) is 54.1 Å². The lowest BCUT2D eigenvalue weighted by Crippen LogP contribution is -2.47. The number of carbonyl (C=O) groups excluding carboxylic acids is 2. The molecule has 10 heteroatoms. The highest BCUT2D eigenvalue weighted by molar-refractivity contribution is 7.92. The summed E-state index contributed by atoms with van der Waals surface area (Å²) in [7, 11) is -0.506.